The van der Waals surface area contributed by atoms with Crippen LogP contribution in [-0.2, 0) is 11.3 Å². The number of methoxy groups -OCH3 is 1. The van der Waals surface area contributed by atoms with Crippen LogP contribution in [0.3, 0.4) is 0 Å². The average molecular weight is 285 g/mol. The van der Waals surface area contributed by atoms with Gasteiger partial charge in [0.25, 0.3) is 0 Å². The van der Waals surface area contributed by atoms with E-state index in [1.165, 1.54) is 11.3 Å². The summed E-state index contributed by atoms with van der Waals surface area (Å²) < 4.78 is 7.05. The maximum Gasteiger partial charge on any atom is 0.343 e. The lowest BCUT2D eigenvalue weighted by molar-refractivity contribution is 0.185. The number of urea groups is 1. The molecule has 6 heteroatoms. The third-order valence-electron chi connectivity index (χ3n) is 2.48. The van der Waals surface area contributed by atoms with Crippen molar-refractivity contribution in [2.45, 2.75) is 34.2 Å². The number of aromatic nitrogens is 1. The van der Waals surface area contributed by atoms with Crippen LogP contribution in [-0.4, -0.2) is 30.9 Å². The standard InChI is InChI=1S/C13H23N3O2S/c1-10-8-19-12(16(10)6-7-18-5)15-11(17)14-9-13(2,3)4/h8H,6-7,9H2,1-5H3,(H,14,17)/b15-12-. The first-order valence-electron chi connectivity index (χ1n) is 6.30. The number of hydrogen-bond acceptors (Lipinski definition) is 3. The molecule has 19 heavy (non-hydrogen) atoms. The topological polar surface area (TPSA) is 55.6 Å². The van der Waals surface area contributed by atoms with Gasteiger partial charge in [-0.25, -0.2) is 4.79 Å². The minimum Gasteiger partial charge on any atom is -0.383 e. The van der Waals surface area contributed by atoms with E-state index in [4.69, 9.17) is 4.74 Å². The van der Waals surface area contributed by atoms with Crippen LogP contribution in [0.4, 0.5) is 4.79 Å². The second kappa shape index (κ2) is 6.86. The number of nitrogens with zero attached hydrogens (tertiary/aromatic N) is 2. The second-order valence-corrected chi connectivity index (χ2v) is 6.47. The van der Waals surface area contributed by atoms with Crippen molar-refractivity contribution in [3.05, 3.63) is 15.9 Å². The Balaban J connectivity index is 2.78. The largest absolute Gasteiger partial charge is 0.383 e. The summed E-state index contributed by atoms with van der Waals surface area (Å²) >= 11 is 1.47. The third-order valence-corrected chi connectivity index (χ3v) is 3.46. The number of rotatable bonds is 4. The molecule has 0 fully saturated rings. The Hall–Kier alpha value is -1.14. The number of carbonyl (C=O) groups is 1. The molecule has 0 aromatic carbocycles. The van der Waals surface area contributed by atoms with Crippen molar-refractivity contribution in [3.63, 3.8) is 0 Å². The molecular formula is C13H23N3O2S. The number of aryl methyl sites for hydroxylation is 1. The fraction of sp³-hybridized carbons (Fsp3) is 0.692. The highest BCUT2D eigenvalue weighted by molar-refractivity contribution is 7.07. The van der Waals surface area contributed by atoms with Crippen molar-refractivity contribution >= 4 is 17.4 Å². The van der Waals surface area contributed by atoms with E-state index in [-0.39, 0.29) is 11.4 Å². The zero-order valence-corrected chi connectivity index (χ0v) is 13.1. The fourth-order valence-electron chi connectivity index (χ4n) is 1.42. The van der Waals surface area contributed by atoms with E-state index in [0.29, 0.717) is 24.5 Å². The molecule has 0 radical (unpaired) electrons. The normalized spacial score (nSPS) is 12.8. The van der Waals surface area contributed by atoms with Gasteiger partial charge in [0.1, 0.15) is 0 Å². The highest BCUT2D eigenvalue weighted by atomic mass is 32.1. The Labute approximate surface area is 118 Å². The monoisotopic (exact) mass is 285 g/mol. The molecular weight excluding hydrogens is 262 g/mol. The highest BCUT2D eigenvalue weighted by Gasteiger charge is 2.11. The number of ether oxygens (including phenoxy) is 1. The van der Waals surface area contributed by atoms with E-state index < -0.39 is 0 Å². The molecule has 1 aromatic heterocycles. The molecule has 5 nitrogen and oxygen atoms in total. The van der Waals surface area contributed by atoms with Crippen LogP contribution in [0.5, 0.6) is 0 Å². The smallest absolute Gasteiger partial charge is 0.343 e. The predicted octanol–water partition coefficient (Wildman–Crippen LogP) is 2.16. The Kier molecular flexibility index (Phi) is 5.75. The highest BCUT2D eigenvalue weighted by Crippen LogP contribution is 2.10. The summed E-state index contributed by atoms with van der Waals surface area (Å²) in [6.45, 7) is 10.1. The predicted molar refractivity (Wildman–Crippen MR) is 77.3 cm³/mol. The summed E-state index contributed by atoms with van der Waals surface area (Å²) in [4.78, 5) is 16.6. The molecule has 1 rings (SSSR count). The van der Waals surface area contributed by atoms with Crippen molar-refractivity contribution in [1.29, 1.82) is 0 Å². The van der Waals surface area contributed by atoms with Crippen molar-refractivity contribution in [1.82, 2.24) is 9.88 Å². The lowest BCUT2D eigenvalue weighted by atomic mass is 9.97. The van der Waals surface area contributed by atoms with Crippen LogP contribution < -0.4 is 10.1 Å². The molecule has 0 bridgehead atoms. The van der Waals surface area contributed by atoms with E-state index in [1.54, 1.807) is 7.11 Å². The summed E-state index contributed by atoms with van der Waals surface area (Å²) in [6.07, 6.45) is 0. The molecule has 2 amide bonds. The van der Waals surface area contributed by atoms with Gasteiger partial charge in [-0.1, -0.05) is 20.8 Å². The molecule has 1 aromatic rings. The van der Waals surface area contributed by atoms with Gasteiger partial charge in [0.15, 0.2) is 4.80 Å². The molecule has 0 aliphatic rings. The number of amides is 2. The summed E-state index contributed by atoms with van der Waals surface area (Å²) in [6, 6.07) is -0.289. The van der Waals surface area contributed by atoms with Crippen molar-refractivity contribution in [2.75, 3.05) is 20.3 Å². The van der Waals surface area contributed by atoms with E-state index in [9.17, 15) is 4.79 Å². The molecule has 0 saturated heterocycles. The average Bonchev–Trinajstić information content (AvgIpc) is 2.64. The first-order chi connectivity index (χ1) is 8.83. The molecule has 108 valence electrons. The summed E-state index contributed by atoms with van der Waals surface area (Å²) in [7, 11) is 1.66. The number of nitrogens with one attached hydrogen (secondary N) is 1. The van der Waals surface area contributed by atoms with Crippen LogP contribution in [0.15, 0.2) is 10.4 Å². The molecule has 0 aliphatic carbocycles. The Morgan fingerprint density at radius 1 is 1.53 bits per heavy atom. The number of carbonyl (C=O) groups excluding carboxylic acids is 1. The van der Waals surface area contributed by atoms with Gasteiger partial charge in [0.2, 0.25) is 0 Å². The molecule has 0 aliphatic heterocycles. The second-order valence-electron chi connectivity index (χ2n) is 5.64. The molecule has 0 saturated carbocycles. The first-order valence-corrected chi connectivity index (χ1v) is 7.18. The van der Waals surface area contributed by atoms with Crippen molar-refractivity contribution in [3.8, 4) is 0 Å². The quantitative estimate of drug-likeness (QED) is 0.921. The lowest BCUT2D eigenvalue weighted by Gasteiger charge is -2.17. The summed E-state index contributed by atoms with van der Waals surface area (Å²) in [5.74, 6) is 0. The van der Waals surface area contributed by atoms with E-state index >= 15 is 0 Å². The molecule has 0 unspecified atom stereocenters. The van der Waals surface area contributed by atoms with Crippen LogP contribution in [0.2, 0.25) is 0 Å². The van der Waals surface area contributed by atoms with Gasteiger partial charge in [-0.2, -0.15) is 4.99 Å². The van der Waals surface area contributed by atoms with Crippen LogP contribution in [0.1, 0.15) is 26.5 Å². The first kappa shape index (κ1) is 15.9. The Bertz CT molecular complexity index is 483. The van der Waals surface area contributed by atoms with Crippen LogP contribution in [0, 0.1) is 12.3 Å². The summed E-state index contributed by atoms with van der Waals surface area (Å²) in [5, 5.41) is 4.81. The van der Waals surface area contributed by atoms with E-state index in [0.717, 1.165) is 5.69 Å². The van der Waals surface area contributed by atoms with Gasteiger partial charge >= 0.3 is 6.03 Å². The number of hydrogen-bond donors (Lipinski definition) is 1. The SMILES string of the molecule is COCCn1c(C)cs/c1=N\C(=O)NCC(C)(C)C. The van der Waals surface area contributed by atoms with E-state index in [1.807, 2.05) is 16.9 Å². The Morgan fingerprint density at radius 2 is 2.21 bits per heavy atom. The zero-order chi connectivity index (χ0) is 14.5. The maximum atomic E-state index is 11.8. The van der Waals surface area contributed by atoms with Crippen molar-refractivity contribution in [2.24, 2.45) is 10.4 Å². The molecule has 1 heterocycles. The molecule has 0 spiro atoms. The third kappa shape index (κ3) is 5.57. The molecule has 0 atom stereocenters. The van der Waals surface area contributed by atoms with E-state index in [2.05, 4.69) is 31.1 Å². The number of thiazole rings is 1. The fourth-order valence-corrected chi connectivity index (χ4v) is 2.33. The lowest BCUT2D eigenvalue weighted by Crippen LogP contribution is -2.32. The van der Waals surface area contributed by atoms with Gasteiger partial charge in [0.05, 0.1) is 6.61 Å². The summed E-state index contributed by atoms with van der Waals surface area (Å²) in [5.41, 5.74) is 1.15. The van der Waals surface area contributed by atoms with Gasteiger partial charge in [-0.05, 0) is 12.3 Å². The molecule has 1 N–H and O–H groups in total. The zero-order valence-electron chi connectivity index (χ0n) is 12.3. The Morgan fingerprint density at radius 3 is 2.79 bits per heavy atom. The van der Waals surface area contributed by atoms with Gasteiger partial charge in [-0.15, -0.1) is 11.3 Å². The maximum absolute atomic E-state index is 11.8. The van der Waals surface area contributed by atoms with Gasteiger partial charge < -0.3 is 14.6 Å². The van der Waals surface area contributed by atoms with Gasteiger partial charge in [0, 0.05) is 31.3 Å². The van der Waals surface area contributed by atoms with Crippen LogP contribution in [0.25, 0.3) is 0 Å². The van der Waals surface area contributed by atoms with Gasteiger partial charge in [-0.3, -0.25) is 0 Å². The minimum atomic E-state index is -0.289. The van der Waals surface area contributed by atoms with Crippen LogP contribution >= 0.6 is 11.3 Å². The van der Waals surface area contributed by atoms with Crippen molar-refractivity contribution < 1.29 is 9.53 Å². The minimum absolute atomic E-state index is 0.0581.